The van der Waals surface area contributed by atoms with Crippen LogP contribution >= 0.6 is 0 Å². The summed E-state index contributed by atoms with van der Waals surface area (Å²) in [5, 5.41) is 26.3. The van der Waals surface area contributed by atoms with Crippen LogP contribution in [0, 0.1) is 5.41 Å². The molecule has 2 amide bonds. The third kappa shape index (κ3) is 5.65. The molecule has 0 aromatic heterocycles. The Morgan fingerprint density at radius 2 is 1.03 bits per heavy atom. The van der Waals surface area contributed by atoms with Gasteiger partial charge in [-0.05, 0) is 38.8 Å². The van der Waals surface area contributed by atoms with Crippen LogP contribution in [0.1, 0.15) is 51.0 Å². The van der Waals surface area contributed by atoms with Gasteiger partial charge >= 0.3 is 0 Å². The van der Waals surface area contributed by atoms with Crippen LogP contribution in [0.5, 0.6) is 0 Å². The maximum atomic E-state index is 12.7. The third-order valence-corrected chi connectivity index (χ3v) is 5.08. The number of aliphatic hydroxyl groups excluding tert-OH is 2. The van der Waals surface area contributed by atoms with E-state index in [9.17, 15) is 19.8 Å². The zero-order valence-electron chi connectivity index (χ0n) is 17.3. The van der Waals surface area contributed by atoms with Gasteiger partial charge in [-0.1, -0.05) is 60.7 Å². The molecule has 4 atom stereocenters. The molecule has 4 N–H and O–H groups in total. The highest BCUT2D eigenvalue weighted by molar-refractivity contribution is 6.04. The van der Waals surface area contributed by atoms with Crippen molar-refractivity contribution in [2.45, 2.75) is 52.0 Å². The lowest BCUT2D eigenvalue weighted by Crippen LogP contribution is -2.53. The summed E-state index contributed by atoms with van der Waals surface area (Å²) in [6, 6.07) is 16.9. The average Bonchev–Trinajstić information content (AvgIpc) is 2.73. The fraction of sp³-hybridized carbons (Fsp3) is 0.391. The Morgan fingerprint density at radius 3 is 1.34 bits per heavy atom. The monoisotopic (exact) mass is 398 g/mol. The molecule has 156 valence electrons. The third-order valence-electron chi connectivity index (χ3n) is 5.08. The lowest BCUT2D eigenvalue weighted by atomic mass is 9.89. The van der Waals surface area contributed by atoms with Gasteiger partial charge < -0.3 is 20.8 Å². The van der Waals surface area contributed by atoms with Gasteiger partial charge in [0.1, 0.15) is 5.41 Å². The first-order chi connectivity index (χ1) is 13.6. The summed E-state index contributed by atoms with van der Waals surface area (Å²) >= 11 is 0. The fourth-order valence-electron chi connectivity index (χ4n) is 2.91. The summed E-state index contributed by atoms with van der Waals surface area (Å²) in [7, 11) is 0. The molecule has 0 aliphatic rings. The molecule has 0 spiro atoms. The van der Waals surface area contributed by atoms with Crippen LogP contribution in [-0.2, 0) is 9.59 Å². The largest absolute Gasteiger partial charge is 0.386 e. The van der Waals surface area contributed by atoms with Gasteiger partial charge in [0, 0.05) is 0 Å². The fourth-order valence-corrected chi connectivity index (χ4v) is 2.91. The molecule has 2 rings (SSSR count). The Bertz CT molecular complexity index is 741. The number of aliphatic hydroxyl groups is 2. The van der Waals surface area contributed by atoms with Crippen molar-refractivity contribution >= 4 is 11.8 Å². The molecule has 0 bridgehead atoms. The van der Waals surface area contributed by atoms with Crippen LogP contribution in [0.2, 0.25) is 0 Å². The highest BCUT2D eigenvalue weighted by Gasteiger charge is 2.38. The van der Waals surface area contributed by atoms with E-state index in [2.05, 4.69) is 10.6 Å². The molecule has 0 unspecified atom stereocenters. The van der Waals surface area contributed by atoms with Crippen molar-refractivity contribution in [1.29, 1.82) is 0 Å². The molecular weight excluding hydrogens is 368 g/mol. The summed E-state index contributed by atoms with van der Waals surface area (Å²) < 4.78 is 0. The van der Waals surface area contributed by atoms with Gasteiger partial charge in [0.15, 0.2) is 0 Å². The molecule has 0 saturated carbocycles. The number of hydrogen-bond acceptors (Lipinski definition) is 4. The van der Waals surface area contributed by atoms with Crippen molar-refractivity contribution in [3.8, 4) is 0 Å². The van der Waals surface area contributed by atoms with Gasteiger partial charge in [-0.3, -0.25) is 9.59 Å². The van der Waals surface area contributed by atoms with Gasteiger partial charge in [-0.15, -0.1) is 0 Å². The predicted octanol–water partition coefficient (Wildman–Crippen LogP) is 2.49. The standard InChI is InChI=1S/C23H30N2O4/c1-15(19(26)17-11-7-5-8-12-17)24-21(28)23(3,4)22(29)25-16(2)20(27)18-13-9-6-10-14-18/h5-16,19-20,26-27H,1-4H3,(H,24,28)(H,25,29)/t15-,16-,19-,20-/m1/s1. The zero-order valence-corrected chi connectivity index (χ0v) is 17.3. The number of amides is 2. The number of rotatable bonds is 8. The normalized spacial score (nSPS) is 15.7. The summed E-state index contributed by atoms with van der Waals surface area (Å²) in [5.41, 5.74) is -0.0145. The molecule has 2 aromatic carbocycles. The molecule has 2 aromatic rings. The van der Waals surface area contributed by atoms with Crippen LogP contribution in [0.25, 0.3) is 0 Å². The Kier molecular flexibility index (Phi) is 7.53. The lowest BCUT2D eigenvalue weighted by Gasteiger charge is -2.29. The van der Waals surface area contributed by atoms with Crippen molar-refractivity contribution in [3.63, 3.8) is 0 Å². The SMILES string of the molecule is C[C@@H](NC(=O)C(C)(C)C(=O)N[C@H](C)[C@@H](O)c1ccccc1)[C@@H](O)c1ccccc1. The van der Waals surface area contributed by atoms with Crippen LogP contribution < -0.4 is 10.6 Å². The van der Waals surface area contributed by atoms with Gasteiger partial charge in [0.05, 0.1) is 24.3 Å². The van der Waals surface area contributed by atoms with E-state index >= 15 is 0 Å². The minimum atomic E-state index is -1.38. The molecular formula is C23H30N2O4. The van der Waals surface area contributed by atoms with Crippen molar-refractivity contribution in [1.82, 2.24) is 10.6 Å². The van der Waals surface area contributed by atoms with E-state index in [4.69, 9.17) is 0 Å². The van der Waals surface area contributed by atoms with Crippen molar-refractivity contribution in [2.75, 3.05) is 0 Å². The Morgan fingerprint density at radius 1 is 0.724 bits per heavy atom. The Hall–Kier alpha value is -2.70. The summed E-state index contributed by atoms with van der Waals surface area (Å²) in [6.07, 6.45) is -1.78. The first-order valence-corrected chi connectivity index (χ1v) is 9.72. The van der Waals surface area contributed by atoms with Crippen LogP contribution in [0.15, 0.2) is 60.7 Å². The first kappa shape index (κ1) is 22.6. The van der Waals surface area contributed by atoms with Crippen molar-refractivity contribution in [3.05, 3.63) is 71.8 Å². The smallest absolute Gasteiger partial charge is 0.235 e. The average molecular weight is 399 g/mol. The Balaban J connectivity index is 1.99. The van der Waals surface area contributed by atoms with Crippen molar-refractivity contribution < 1.29 is 19.8 Å². The molecule has 0 aliphatic carbocycles. The quantitative estimate of drug-likeness (QED) is 0.514. The highest BCUT2D eigenvalue weighted by Crippen LogP contribution is 2.22. The summed E-state index contributed by atoms with van der Waals surface area (Å²) in [5.74, 6) is -1.00. The molecule has 0 radical (unpaired) electrons. The van der Waals surface area contributed by atoms with Crippen LogP contribution in [0.4, 0.5) is 0 Å². The molecule has 0 heterocycles. The maximum absolute atomic E-state index is 12.7. The predicted molar refractivity (Wildman–Crippen MR) is 112 cm³/mol. The van der Waals surface area contributed by atoms with E-state index in [1.54, 1.807) is 38.1 Å². The number of hydrogen-bond donors (Lipinski definition) is 4. The summed E-state index contributed by atoms with van der Waals surface area (Å²) in [6.45, 7) is 6.40. The van der Waals surface area contributed by atoms with E-state index < -0.39 is 41.5 Å². The van der Waals surface area contributed by atoms with E-state index in [1.807, 2.05) is 36.4 Å². The molecule has 6 nitrogen and oxygen atoms in total. The highest BCUT2D eigenvalue weighted by atomic mass is 16.3. The minimum absolute atomic E-state index is 0.501. The van der Waals surface area contributed by atoms with Crippen LogP contribution in [-0.4, -0.2) is 34.1 Å². The van der Waals surface area contributed by atoms with Gasteiger partial charge in [-0.2, -0.15) is 0 Å². The van der Waals surface area contributed by atoms with E-state index in [0.29, 0.717) is 11.1 Å². The second-order valence-corrected chi connectivity index (χ2v) is 7.86. The number of nitrogens with one attached hydrogen (secondary N) is 2. The van der Waals surface area contributed by atoms with E-state index in [1.165, 1.54) is 13.8 Å². The van der Waals surface area contributed by atoms with E-state index in [-0.39, 0.29) is 0 Å². The maximum Gasteiger partial charge on any atom is 0.235 e. The van der Waals surface area contributed by atoms with Gasteiger partial charge in [0.25, 0.3) is 0 Å². The second-order valence-electron chi connectivity index (χ2n) is 7.86. The molecule has 0 aliphatic heterocycles. The Labute approximate surface area is 172 Å². The number of carbonyl (C=O) groups is 2. The van der Waals surface area contributed by atoms with Crippen LogP contribution in [0.3, 0.4) is 0 Å². The molecule has 6 heteroatoms. The lowest BCUT2D eigenvalue weighted by molar-refractivity contribution is -0.143. The molecule has 29 heavy (non-hydrogen) atoms. The molecule has 0 fully saturated rings. The summed E-state index contributed by atoms with van der Waals surface area (Å²) in [4.78, 5) is 25.5. The topological polar surface area (TPSA) is 98.7 Å². The zero-order chi connectivity index (χ0) is 21.6. The minimum Gasteiger partial charge on any atom is -0.386 e. The van der Waals surface area contributed by atoms with Gasteiger partial charge in [-0.25, -0.2) is 0 Å². The first-order valence-electron chi connectivity index (χ1n) is 9.72. The van der Waals surface area contributed by atoms with Gasteiger partial charge in [0.2, 0.25) is 11.8 Å². The van der Waals surface area contributed by atoms with Crippen molar-refractivity contribution in [2.24, 2.45) is 5.41 Å². The molecule has 0 saturated heterocycles. The number of benzene rings is 2. The van der Waals surface area contributed by atoms with E-state index in [0.717, 1.165) is 0 Å². The second kappa shape index (κ2) is 9.67. The number of carbonyl (C=O) groups excluding carboxylic acids is 2.